The van der Waals surface area contributed by atoms with Crippen LogP contribution in [0.25, 0.3) is 0 Å². The number of piperidine rings is 1. The van der Waals surface area contributed by atoms with Crippen molar-refractivity contribution < 1.29 is 9.53 Å². The average molecular weight is 265 g/mol. The Morgan fingerprint density at radius 3 is 2.74 bits per heavy atom. The molecule has 3 N–H and O–H groups in total. The van der Waals surface area contributed by atoms with E-state index in [-0.39, 0.29) is 12.0 Å². The topological polar surface area (TPSA) is 93.4 Å². The summed E-state index contributed by atoms with van der Waals surface area (Å²) in [5, 5.41) is 7.66. The van der Waals surface area contributed by atoms with Gasteiger partial charge in [0.25, 0.3) is 5.91 Å². The smallest absolute Gasteiger partial charge is 0.274 e. The lowest BCUT2D eigenvalue weighted by Crippen LogP contribution is -2.41. The molecule has 19 heavy (non-hydrogen) atoms. The van der Waals surface area contributed by atoms with Crippen molar-refractivity contribution in [2.45, 2.75) is 25.9 Å². The van der Waals surface area contributed by atoms with Gasteiger partial charge >= 0.3 is 0 Å². The molecule has 2 rings (SSSR count). The van der Waals surface area contributed by atoms with Crippen LogP contribution in [0.2, 0.25) is 0 Å². The SMILES string of the molecule is CCOC1CCN(C(=O)c2ccc(NN)nn2)CC1. The highest BCUT2D eigenvalue weighted by Crippen LogP contribution is 2.15. The molecule has 0 saturated carbocycles. The summed E-state index contributed by atoms with van der Waals surface area (Å²) in [6, 6.07) is 3.26. The number of carbonyl (C=O) groups excluding carboxylic acids is 1. The van der Waals surface area contributed by atoms with Crippen molar-refractivity contribution >= 4 is 11.7 Å². The van der Waals surface area contributed by atoms with E-state index in [1.54, 1.807) is 17.0 Å². The van der Waals surface area contributed by atoms with Gasteiger partial charge in [-0.2, -0.15) is 0 Å². The summed E-state index contributed by atoms with van der Waals surface area (Å²) in [7, 11) is 0. The highest BCUT2D eigenvalue weighted by molar-refractivity contribution is 5.92. The molecule has 1 aliphatic rings. The van der Waals surface area contributed by atoms with Crippen molar-refractivity contribution in [1.29, 1.82) is 0 Å². The van der Waals surface area contributed by atoms with Gasteiger partial charge in [0, 0.05) is 19.7 Å². The maximum absolute atomic E-state index is 12.2. The van der Waals surface area contributed by atoms with Crippen LogP contribution >= 0.6 is 0 Å². The van der Waals surface area contributed by atoms with E-state index in [2.05, 4.69) is 15.6 Å². The average Bonchev–Trinajstić information content (AvgIpc) is 2.48. The van der Waals surface area contributed by atoms with Crippen LogP contribution in [-0.4, -0.2) is 46.8 Å². The predicted octanol–water partition coefficient (Wildman–Crippen LogP) is 0.403. The van der Waals surface area contributed by atoms with Gasteiger partial charge < -0.3 is 15.1 Å². The minimum atomic E-state index is -0.0916. The number of nitrogens with two attached hydrogens (primary N) is 1. The molecule has 2 heterocycles. The first-order valence-electron chi connectivity index (χ1n) is 6.45. The van der Waals surface area contributed by atoms with Crippen LogP contribution < -0.4 is 11.3 Å². The number of hydrogen-bond acceptors (Lipinski definition) is 6. The van der Waals surface area contributed by atoms with Crippen molar-refractivity contribution in [3.63, 3.8) is 0 Å². The number of nitrogens with one attached hydrogen (secondary N) is 1. The molecule has 0 spiro atoms. The van der Waals surface area contributed by atoms with Crippen molar-refractivity contribution in [3.05, 3.63) is 17.8 Å². The molecule has 7 heteroatoms. The van der Waals surface area contributed by atoms with Crippen LogP contribution in [0.1, 0.15) is 30.3 Å². The van der Waals surface area contributed by atoms with E-state index >= 15 is 0 Å². The number of nitrogens with zero attached hydrogens (tertiary/aromatic N) is 3. The third-order valence-corrected chi connectivity index (χ3v) is 3.16. The van der Waals surface area contributed by atoms with Gasteiger partial charge in [-0.05, 0) is 31.9 Å². The lowest BCUT2D eigenvalue weighted by Gasteiger charge is -2.31. The molecule has 1 aromatic rings. The summed E-state index contributed by atoms with van der Waals surface area (Å²) >= 11 is 0. The summed E-state index contributed by atoms with van der Waals surface area (Å²) in [6.45, 7) is 4.10. The molecule has 0 aromatic carbocycles. The van der Waals surface area contributed by atoms with Crippen LogP contribution in [0.4, 0.5) is 5.82 Å². The number of ether oxygens (including phenoxy) is 1. The minimum absolute atomic E-state index is 0.0916. The van der Waals surface area contributed by atoms with Crippen molar-refractivity contribution in [3.8, 4) is 0 Å². The molecule has 0 atom stereocenters. The lowest BCUT2D eigenvalue weighted by atomic mass is 10.1. The second-order valence-electron chi connectivity index (χ2n) is 4.40. The Labute approximate surface area is 112 Å². The Balaban J connectivity index is 1.93. The van der Waals surface area contributed by atoms with E-state index in [4.69, 9.17) is 10.6 Å². The lowest BCUT2D eigenvalue weighted by molar-refractivity contribution is 0.0144. The van der Waals surface area contributed by atoms with Gasteiger partial charge in [0.2, 0.25) is 0 Å². The maximum atomic E-state index is 12.2. The fourth-order valence-corrected chi connectivity index (χ4v) is 2.15. The van der Waals surface area contributed by atoms with Gasteiger partial charge in [-0.3, -0.25) is 4.79 Å². The molecule has 1 amide bonds. The highest BCUT2D eigenvalue weighted by atomic mass is 16.5. The Morgan fingerprint density at radius 2 is 2.21 bits per heavy atom. The maximum Gasteiger partial charge on any atom is 0.274 e. The predicted molar refractivity (Wildman–Crippen MR) is 70.4 cm³/mol. The molecule has 0 radical (unpaired) electrons. The number of likely N-dealkylation sites (tertiary alicyclic amines) is 1. The van der Waals surface area contributed by atoms with E-state index in [1.807, 2.05) is 6.92 Å². The van der Waals surface area contributed by atoms with Crippen LogP contribution in [0.3, 0.4) is 0 Å². The molecule has 7 nitrogen and oxygen atoms in total. The number of aromatic nitrogens is 2. The highest BCUT2D eigenvalue weighted by Gasteiger charge is 2.24. The third kappa shape index (κ3) is 3.39. The van der Waals surface area contributed by atoms with Gasteiger partial charge in [-0.15, -0.1) is 10.2 Å². The van der Waals surface area contributed by atoms with Crippen molar-refractivity contribution in [2.24, 2.45) is 5.84 Å². The van der Waals surface area contributed by atoms with Crippen LogP contribution in [-0.2, 0) is 4.74 Å². The van der Waals surface area contributed by atoms with Crippen molar-refractivity contribution in [1.82, 2.24) is 15.1 Å². The number of hydrazine groups is 1. The molecular weight excluding hydrogens is 246 g/mol. The van der Waals surface area contributed by atoms with E-state index in [1.165, 1.54) is 0 Å². The zero-order valence-corrected chi connectivity index (χ0v) is 11.0. The fraction of sp³-hybridized carbons (Fsp3) is 0.583. The Hall–Kier alpha value is -1.73. The van der Waals surface area contributed by atoms with Crippen LogP contribution in [0.5, 0.6) is 0 Å². The molecule has 1 fully saturated rings. The first-order chi connectivity index (χ1) is 9.24. The molecule has 0 unspecified atom stereocenters. The molecule has 0 aliphatic carbocycles. The van der Waals surface area contributed by atoms with Gasteiger partial charge in [0.1, 0.15) is 0 Å². The number of hydrogen-bond donors (Lipinski definition) is 2. The van der Waals surface area contributed by atoms with Crippen LogP contribution in [0, 0.1) is 0 Å². The fourth-order valence-electron chi connectivity index (χ4n) is 2.15. The quantitative estimate of drug-likeness (QED) is 0.604. The first kappa shape index (κ1) is 13.7. The Morgan fingerprint density at radius 1 is 1.47 bits per heavy atom. The van der Waals surface area contributed by atoms with E-state index in [0.29, 0.717) is 24.6 Å². The van der Waals surface area contributed by atoms with E-state index < -0.39 is 0 Å². The molecule has 104 valence electrons. The monoisotopic (exact) mass is 265 g/mol. The normalized spacial score (nSPS) is 16.4. The number of amides is 1. The van der Waals surface area contributed by atoms with Gasteiger partial charge in [-0.1, -0.05) is 0 Å². The number of rotatable bonds is 4. The Bertz CT molecular complexity index is 415. The summed E-state index contributed by atoms with van der Waals surface area (Å²) < 4.78 is 5.56. The Kier molecular flexibility index (Phi) is 4.64. The zero-order valence-electron chi connectivity index (χ0n) is 11.0. The van der Waals surface area contributed by atoms with Gasteiger partial charge in [0.15, 0.2) is 11.5 Å². The second kappa shape index (κ2) is 6.44. The standard InChI is InChI=1S/C12H19N5O2/c1-2-19-9-5-7-17(8-6-9)12(18)10-3-4-11(14-13)16-15-10/h3-4,9H,2,5-8,13H2,1H3,(H,14,16). The number of anilines is 1. The summed E-state index contributed by atoms with van der Waals surface area (Å²) in [4.78, 5) is 14.0. The summed E-state index contributed by atoms with van der Waals surface area (Å²) in [5.74, 6) is 5.55. The van der Waals surface area contributed by atoms with Gasteiger partial charge in [-0.25, -0.2) is 5.84 Å². The number of nitrogen functional groups attached to an aromatic ring is 1. The second-order valence-corrected chi connectivity index (χ2v) is 4.40. The zero-order chi connectivity index (χ0) is 13.7. The van der Waals surface area contributed by atoms with Gasteiger partial charge in [0.05, 0.1) is 6.10 Å². The molecule has 1 aromatic heterocycles. The molecule has 1 saturated heterocycles. The molecule has 0 bridgehead atoms. The largest absolute Gasteiger partial charge is 0.378 e. The minimum Gasteiger partial charge on any atom is -0.378 e. The third-order valence-electron chi connectivity index (χ3n) is 3.16. The van der Waals surface area contributed by atoms with Crippen LogP contribution in [0.15, 0.2) is 12.1 Å². The molecule has 1 aliphatic heterocycles. The first-order valence-corrected chi connectivity index (χ1v) is 6.45. The van der Waals surface area contributed by atoms with E-state index in [9.17, 15) is 4.79 Å². The summed E-state index contributed by atoms with van der Waals surface area (Å²) in [5.41, 5.74) is 2.72. The van der Waals surface area contributed by atoms with E-state index in [0.717, 1.165) is 19.4 Å². The summed E-state index contributed by atoms with van der Waals surface area (Å²) in [6.07, 6.45) is 2.01. The van der Waals surface area contributed by atoms with Crippen molar-refractivity contribution in [2.75, 3.05) is 25.1 Å². The number of carbonyl (C=O) groups is 1. The molecular formula is C12H19N5O2.